The van der Waals surface area contributed by atoms with E-state index in [9.17, 15) is 18.8 Å². The SMILES string of the molecule is Cc1[nH]c2ccccc2c1C(=O)C(=O)NNC(=O)C(C)Oc1ccc(F)cc1. The van der Waals surface area contributed by atoms with Gasteiger partial charge >= 0.3 is 5.91 Å². The van der Waals surface area contributed by atoms with Crippen LogP contribution in [0.5, 0.6) is 5.75 Å². The van der Waals surface area contributed by atoms with E-state index < -0.39 is 29.5 Å². The Bertz CT molecular complexity index is 1040. The van der Waals surface area contributed by atoms with Crippen molar-refractivity contribution in [3.8, 4) is 5.75 Å². The smallest absolute Gasteiger partial charge is 0.310 e. The molecule has 7 nitrogen and oxygen atoms in total. The lowest BCUT2D eigenvalue weighted by Gasteiger charge is -2.15. The standard InChI is InChI=1S/C20H18FN3O4/c1-11-17(15-5-3-4-6-16(15)22-11)18(25)20(27)24-23-19(26)12(2)28-14-9-7-13(21)8-10-14/h3-10,12,22H,1-2H3,(H,23,26)(H,24,27). The van der Waals surface area contributed by atoms with Gasteiger partial charge in [0.1, 0.15) is 11.6 Å². The molecule has 0 bridgehead atoms. The van der Waals surface area contributed by atoms with Gasteiger partial charge in [0, 0.05) is 16.6 Å². The molecule has 0 saturated carbocycles. The molecule has 0 radical (unpaired) electrons. The number of benzene rings is 2. The number of amides is 2. The molecule has 0 fully saturated rings. The number of hydrogen-bond donors (Lipinski definition) is 3. The third-order valence-corrected chi connectivity index (χ3v) is 4.12. The Balaban J connectivity index is 1.61. The Morgan fingerprint density at radius 1 is 1.04 bits per heavy atom. The molecule has 144 valence electrons. The molecule has 0 aliphatic rings. The first-order valence-electron chi connectivity index (χ1n) is 8.51. The summed E-state index contributed by atoms with van der Waals surface area (Å²) in [6.07, 6.45) is -0.976. The molecule has 0 aliphatic heterocycles. The molecule has 1 heterocycles. The lowest BCUT2D eigenvalue weighted by Crippen LogP contribution is -2.49. The first-order valence-corrected chi connectivity index (χ1v) is 8.51. The van der Waals surface area contributed by atoms with E-state index in [-0.39, 0.29) is 5.56 Å². The number of aromatic nitrogens is 1. The van der Waals surface area contributed by atoms with Crippen LogP contribution in [0.15, 0.2) is 48.5 Å². The van der Waals surface area contributed by atoms with E-state index in [1.54, 1.807) is 25.1 Å². The molecule has 8 heteroatoms. The minimum absolute atomic E-state index is 0.248. The number of halogens is 1. The molecule has 1 aromatic heterocycles. The van der Waals surface area contributed by atoms with Crippen LogP contribution in [-0.4, -0.2) is 28.7 Å². The number of hydrogen-bond acceptors (Lipinski definition) is 4. The van der Waals surface area contributed by atoms with Gasteiger partial charge in [-0.25, -0.2) is 4.39 Å². The number of aryl methyl sites for hydroxylation is 1. The lowest BCUT2D eigenvalue weighted by atomic mass is 10.1. The molecule has 0 saturated heterocycles. The van der Waals surface area contributed by atoms with Gasteiger partial charge in [-0.2, -0.15) is 0 Å². The van der Waals surface area contributed by atoms with Crippen LogP contribution >= 0.6 is 0 Å². The largest absolute Gasteiger partial charge is 0.481 e. The minimum Gasteiger partial charge on any atom is -0.481 e. The number of ketones is 1. The number of hydrazine groups is 1. The quantitative estimate of drug-likeness (QED) is 0.358. The Hall–Kier alpha value is -3.68. The zero-order valence-corrected chi connectivity index (χ0v) is 15.2. The van der Waals surface area contributed by atoms with Crippen LogP contribution in [0, 0.1) is 12.7 Å². The zero-order chi connectivity index (χ0) is 20.3. The molecule has 3 rings (SSSR count). The van der Waals surface area contributed by atoms with Crippen molar-refractivity contribution in [1.29, 1.82) is 0 Å². The molecular weight excluding hydrogens is 365 g/mol. The Morgan fingerprint density at radius 3 is 2.43 bits per heavy atom. The zero-order valence-electron chi connectivity index (χ0n) is 15.2. The molecule has 2 aromatic carbocycles. The molecular formula is C20H18FN3O4. The van der Waals surface area contributed by atoms with Crippen LogP contribution < -0.4 is 15.6 Å². The van der Waals surface area contributed by atoms with Crippen LogP contribution in [0.25, 0.3) is 10.9 Å². The maximum Gasteiger partial charge on any atom is 0.310 e. The summed E-state index contributed by atoms with van der Waals surface area (Å²) in [5.41, 5.74) is 5.79. The summed E-state index contributed by atoms with van der Waals surface area (Å²) in [5, 5.41) is 0.625. The Morgan fingerprint density at radius 2 is 1.71 bits per heavy atom. The third-order valence-electron chi connectivity index (χ3n) is 4.12. The summed E-state index contributed by atoms with van der Waals surface area (Å²) >= 11 is 0. The second-order valence-corrected chi connectivity index (χ2v) is 6.16. The van der Waals surface area contributed by atoms with Crippen molar-refractivity contribution in [2.24, 2.45) is 0 Å². The van der Waals surface area contributed by atoms with Crippen molar-refractivity contribution < 1.29 is 23.5 Å². The van der Waals surface area contributed by atoms with E-state index >= 15 is 0 Å². The van der Waals surface area contributed by atoms with Crippen molar-refractivity contribution in [3.63, 3.8) is 0 Å². The van der Waals surface area contributed by atoms with Crippen molar-refractivity contribution >= 4 is 28.5 Å². The van der Waals surface area contributed by atoms with E-state index in [1.165, 1.54) is 31.2 Å². The minimum atomic E-state index is -0.977. The molecule has 0 spiro atoms. The van der Waals surface area contributed by atoms with Crippen LogP contribution in [0.3, 0.4) is 0 Å². The fraction of sp³-hybridized carbons (Fsp3) is 0.150. The molecule has 1 unspecified atom stereocenters. The van der Waals surface area contributed by atoms with Crippen LogP contribution in [0.4, 0.5) is 4.39 Å². The maximum absolute atomic E-state index is 12.9. The molecule has 0 aliphatic carbocycles. The maximum atomic E-state index is 12.9. The van der Waals surface area contributed by atoms with Gasteiger partial charge < -0.3 is 9.72 Å². The highest BCUT2D eigenvalue weighted by Gasteiger charge is 2.24. The van der Waals surface area contributed by atoms with E-state index in [1.807, 2.05) is 6.07 Å². The number of carbonyl (C=O) groups excluding carboxylic acids is 3. The van der Waals surface area contributed by atoms with Gasteiger partial charge in [-0.05, 0) is 44.2 Å². The van der Waals surface area contributed by atoms with Gasteiger partial charge in [0.05, 0.1) is 5.56 Å². The van der Waals surface area contributed by atoms with Crippen molar-refractivity contribution in [2.75, 3.05) is 0 Å². The van der Waals surface area contributed by atoms with Gasteiger partial charge in [0.2, 0.25) is 0 Å². The summed E-state index contributed by atoms with van der Waals surface area (Å²) in [7, 11) is 0. The highest BCUT2D eigenvalue weighted by atomic mass is 19.1. The Kier molecular flexibility index (Phi) is 5.39. The number of carbonyl (C=O) groups is 3. The number of H-pyrrole nitrogens is 1. The van der Waals surface area contributed by atoms with E-state index in [2.05, 4.69) is 15.8 Å². The monoisotopic (exact) mass is 383 g/mol. The second kappa shape index (κ2) is 7.91. The highest BCUT2D eigenvalue weighted by Crippen LogP contribution is 2.22. The molecule has 28 heavy (non-hydrogen) atoms. The first kappa shape index (κ1) is 19.1. The third kappa shape index (κ3) is 4.01. The van der Waals surface area contributed by atoms with Gasteiger partial charge in [0.25, 0.3) is 11.7 Å². The normalized spacial score (nSPS) is 11.7. The first-order chi connectivity index (χ1) is 13.4. The number of Topliss-reactive ketones (excluding diaryl/α,β-unsaturated/α-hetero) is 1. The van der Waals surface area contributed by atoms with E-state index in [4.69, 9.17) is 4.74 Å². The molecule has 2 amide bonds. The van der Waals surface area contributed by atoms with Gasteiger partial charge in [-0.1, -0.05) is 18.2 Å². The predicted molar refractivity (Wildman–Crippen MR) is 100 cm³/mol. The van der Waals surface area contributed by atoms with Crippen molar-refractivity contribution in [1.82, 2.24) is 15.8 Å². The Labute approximate surface area is 159 Å². The number of ether oxygens (including phenoxy) is 1. The summed E-state index contributed by atoms with van der Waals surface area (Å²) in [5.74, 6) is -2.55. The highest BCUT2D eigenvalue weighted by molar-refractivity contribution is 6.45. The fourth-order valence-corrected chi connectivity index (χ4v) is 2.73. The van der Waals surface area contributed by atoms with Gasteiger partial charge in [-0.15, -0.1) is 0 Å². The summed E-state index contributed by atoms with van der Waals surface area (Å²) in [4.78, 5) is 39.8. The number of para-hydroxylation sites is 1. The number of aromatic amines is 1. The van der Waals surface area contributed by atoms with Gasteiger partial charge in [-0.3, -0.25) is 25.2 Å². The van der Waals surface area contributed by atoms with E-state index in [0.717, 1.165) is 5.52 Å². The fourth-order valence-electron chi connectivity index (χ4n) is 2.73. The summed E-state index contributed by atoms with van der Waals surface area (Å²) in [6, 6.07) is 12.3. The predicted octanol–water partition coefficient (Wildman–Crippen LogP) is 2.41. The summed E-state index contributed by atoms with van der Waals surface area (Å²) in [6.45, 7) is 3.15. The van der Waals surface area contributed by atoms with Crippen molar-refractivity contribution in [2.45, 2.75) is 20.0 Å². The van der Waals surface area contributed by atoms with Crippen LogP contribution in [0.1, 0.15) is 23.0 Å². The van der Waals surface area contributed by atoms with Gasteiger partial charge in [0.15, 0.2) is 6.10 Å². The number of nitrogens with one attached hydrogen (secondary N) is 3. The molecule has 3 N–H and O–H groups in total. The van der Waals surface area contributed by atoms with E-state index in [0.29, 0.717) is 16.8 Å². The molecule has 3 aromatic rings. The lowest BCUT2D eigenvalue weighted by molar-refractivity contribution is -0.131. The topological polar surface area (TPSA) is 100 Å². The average Bonchev–Trinajstić information content (AvgIpc) is 3.02. The van der Waals surface area contributed by atoms with Crippen LogP contribution in [-0.2, 0) is 9.59 Å². The second-order valence-electron chi connectivity index (χ2n) is 6.16. The molecule has 1 atom stereocenters. The average molecular weight is 383 g/mol. The number of fused-ring (bicyclic) bond motifs is 1. The van der Waals surface area contributed by atoms with Crippen LogP contribution in [0.2, 0.25) is 0 Å². The van der Waals surface area contributed by atoms with Crippen molar-refractivity contribution in [3.05, 3.63) is 65.6 Å². The number of rotatable bonds is 5. The summed E-state index contributed by atoms with van der Waals surface area (Å²) < 4.78 is 18.2.